The summed E-state index contributed by atoms with van der Waals surface area (Å²) in [6.45, 7) is 0. The molecule has 1 aromatic heterocycles. The van der Waals surface area contributed by atoms with E-state index in [1.165, 1.54) is 13.2 Å². The second-order valence-electron chi connectivity index (χ2n) is 3.77. The van der Waals surface area contributed by atoms with E-state index < -0.39 is 23.5 Å². The quantitative estimate of drug-likeness (QED) is 0.886. The number of nitrogens with one attached hydrogen (secondary N) is 1. The van der Waals surface area contributed by atoms with Crippen LogP contribution in [0.25, 0.3) is 0 Å². The second-order valence-corrected chi connectivity index (χ2v) is 4.68. The van der Waals surface area contributed by atoms with Crippen molar-refractivity contribution in [3.8, 4) is 0 Å². The Morgan fingerprint density at radius 1 is 1.20 bits per heavy atom. The summed E-state index contributed by atoms with van der Waals surface area (Å²) in [5.41, 5.74) is 0.0565. The standard InChI is InChI=1S/C13H9F2NO3S/c1-19-13(18)11-10(2-3-20-11)16-12(17)7-4-8(14)6-9(15)5-7/h2-6H,1H3,(H,16,17). The van der Waals surface area contributed by atoms with E-state index in [-0.39, 0.29) is 16.1 Å². The van der Waals surface area contributed by atoms with E-state index in [4.69, 9.17) is 0 Å². The fourth-order valence-electron chi connectivity index (χ4n) is 1.54. The van der Waals surface area contributed by atoms with Gasteiger partial charge in [-0.15, -0.1) is 11.3 Å². The molecule has 20 heavy (non-hydrogen) atoms. The number of hydrogen-bond donors (Lipinski definition) is 1. The Bertz CT molecular complexity index is 649. The fourth-order valence-corrected chi connectivity index (χ4v) is 2.30. The second kappa shape index (κ2) is 5.79. The summed E-state index contributed by atoms with van der Waals surface area (Å²) < 4.78 is 30.6. The van der Waals surface area contributed by atoms with E-state index >= 15 is 0 Å². The van der Waals surface area contributed by atoms with Crippen LogP contribution in [-0.4, -0.2) is 19.0 Å². The average molecular weight is 297 g/mol. The lowest BCUT2D eigenvalue weighted by Gasteiger charge is -2.06. The monoisotopic (exact) mass is 297 g/mol. The largest absolute Gasteiger partial charge is 0.465 e. The molecule has 104 valence electrons. The molecule has 1 heterocycles. The molecule has 0 saturated heterocycles. The average Bonchev–Trinajstić information content (AvgIpc) is 2.84. The summed E-state index contributed by atoms with van der Waals surface area (Å²) in [6, 6.07) is 3.98. The number of benzene rings is 1. The maximum atomic E-state index is 13.0. The Kier molecular flexibility index (Phi) is 4.09. The maximum absolute atomic E-state index is 13.0. The van der Waals surface area contributed by atoms with Crippen molar-refractivity contribution in [3.63, 3.8) is 0 Å². The van der Waals surface area contributed by atoms with Gasteiger partial charge in [-0.2, -0.15) is 0 Å². The van der Waals surface area contributed by atoms with Gasteiger partial charge in [-0.25, -0.2) is 13.6 Å². The molecular weight excluding hydrogens is 288 g/mol. The molecule has 0 aliphatic heterocycles. The molecule has 2 rings (SSSR count). The van der Waals surface area contributed by atoms with Crippen molar-refractivity contribution in [1.82, 2.24) is 0 Å². The van der Waals surface area contributed by atoms with E-state index in [0.29, 0.717) is 6.07 Å². The normalized spacial score (nSPS) is 10.2. The molecule has 0 radical (unpaired) electrons. The Morgan fingerprint density at radius 2 is 1.85 bits per heavy atom. The van der Waals surface area contributed by atoms with Crippen molar-refractivity contribution < 1.29 is 23.1 Å². The first-order valence-corrected chi connectivity index (χ1v) is 6.32. The third kappa shape index (κ3) is 3.00. The number of hydrogen-bond acceptors (Lipinski definition) is 4. The van der Waals surface area contributed by atoms with E-state index in [9.17, 15) is 18.4 Å². The molecule has 1 amide bonds. The van der Waals surface area contributed by atoms with Crippen LogP contribution in [-0.2, 0) is 4.74 Å². The van der Waals surface area contributed by atoms with E-state index in [1.807, 2.05) is 0 Å². The van der Waals surface area contributed by atoms with Crippen LogP contribution < -0.4 is 5.32 Å². The molecule has 0 atom stereocenters. The highest BCUT2D eigenvalue weighted by atomic mass is 32.1. The lowest BCUT2D eigenvalue weighted by atomic mass is 10.2. The molecule has 0 aliphatic carbocycles. The van der Waals surface area contributed by atoms with Gasteiger partial charge in [0.1, 0.15) is 16.5 Å². The Labute approximate surface area is 117 Å². The highest BCUT2D eigenvalue weighted by Gasteiger charge is 2.17. The van der Waals surface area contributed by atoms with Crippen LogP contribution in [0.3, 0.4) is 0 Å². The first-order chi connectivity index (χ1) is 9.51. The Balaban J connectivity index is 2.24. The predicted octanol–water partition coefficient (Wildman–Crippen LogP) is 3.07. The SMILES string of the molecule is COC(=O)c1sccc1NC(=O)c1cc(F)cc(F)c1. The van der Waals surface area contributed by atoms with Crippen molar-refractivity contribution in [2.45, 2.75) is 0 Å². The summed E-state index contributed by atoms with van der Waals surface area (Å²) in [7, 11) is 1.22. The molecule has 0 aliphatic rings. The van der Waals surface area contributed by atoms with Crippen LogP contribution in [0, 0.1) is 11.6 Å². The zero-order valence-electron chi connectivity index (χ0n) is 10.3. The minimum atomic E-state index is -0.853. The minimum Gasteiger partial charge on any atom is -0.465 e. The van der Waals surface area contributed by atoms with Gasteiger partial charge in [0.2, 0.25) is 0 Å². The number of thiophene rings is 1. The van der Waals surface area contributed by atoms with Gasteiger partial charge in [-0.1, -0.05) is 0 Å². The van der Waals surface area contributed by atoms with Crippen molar-refractivity contribution in [2.75, 3.05) is 12.4 Å². The number of esters is 1. The highest BCUT2D eigenvalue weighted by molar-refractivity contribution is 7.12. The number of anilines is 1. The molecule has 0 spiro atoms. The van der Waals surface area contributed by atoms with Crippen LogP contribution >= 0.6 is 11.3 Å². The number of amides is 1. The molecule has 1 N–H and O–H groups in total. The maximum Gasteiger partial charge on any atom is 0.350 e. The van der Waals surface area contributed by atoms with E-state index in [2.05, 4.69) is 10.1 Å². The Hall–Kier alpha value is -2.28. The lowest BCUT2D eigenvalue weighted by Crippen LogP contribution is -2.14. The number of carbonyl (C=O) groups excluding carboxylic acids is 2. The first kappa shape index (κ1) is 14.1. The van der Waals surface area contributed by atoms with Gasteiger partial charge in [0.15, 0.2) is 0 Å². The zero-order chi connectivity index (χ0) is 14.7. The third-order valence-electron chi connectivity index (χ3n) is 2.41. The van der Waals surface area contributed by atoms with Crippen LogP contribution in [0.1, 0.15) is 20.0 Å². The number of carbonyl (C=O) groups is 2. The van der Waals surface area contributed by atoms with Crippen molar-refractivity contribution in [3.05, 3.63) is 51.7 Å². The highest BCUT2D eigenvalue weighted by Crippen LogP contribution is 2.24. The predicted molar refractivity (Wildman–Crippen MR) is 70.0 cm³/mol. The molecule has 0 unspecified atom stereocenters. The summed E-state index contributed by atoms with van der Waals surface area (Å²) in [5.74, 6) is -3.02. The summed E-state index contributed by atoms with van der Waals surface area (Å²) >= 11 is 1.09. The Morgan fingerprint density at radius 3 is 2.45 bits per heavy atom. The van der Waals surface area contributed by atoms with Gasteiger partial charge in [0.05, 0.1) is 12.8 Å². The lowest BCUT2D eigenvalue weighted by molar-refractivity contribution is 0.0607. The van der Waals surface area contributed by atoms with Gasteiger partial charge in [0.25, 0.3) is 5.91 Å². The molecule has 4 nitrogen and oxygen atoms in total. The summed E-state index contributed by atoms with van der Waals surface area (Å²) in [5, 5.41) is 4.01. The molecule has 0 saturated carbocycles. The van der Waals surface area contributed by atoms with Gasteiger partial charge >= 0.3 is 5.97 Å². The van der Waals surface area contributed by atoms with Gasteiger partial charge < -0.3 is 10.1 Å². The van der Waals surface area contributed by atoms with Crippen molar-refractivity contribution in [2.24, 2.45) is 0 Å². The molecule has 1 aromatic carbocycles. The molecule has 7 heteroatoms. The zero-order valence-corrected chi connectivity index (χ0v) is 11.1. The van der Waals surface area contributed by atoms with Crippen LogP contribution in [0.5, 0.6) is 0 Å². The van der Waals surface area contributed by atoms with Gasteiger partial charge in [-0.05, 0) is 23.6 Å². The topological polar surface area (TPSA) is 55.4 Å². The molecule has 0 fully saturated rings. The minimum absolute atomic E-state index is 0.176. The summed E-state index contributed by atoms with van der Waals surface area (Å²) in [4.78, 5) is 23.5. The molecule has 2 aromatic rings. The smallest absolute Gasteiger partial charge is 0.350 e. The van der Waals surface area contributed by atoms with Crippen LogP contribution in [0.4, 0.5) is 14.5 Å². The van der Waals surface area contributed by atoms with Gasteiger partial charge in [0, 0.05) is 11.6 Å². The van der Waals surface area contributed by atoms with Crippen molar-refractivity contribution >= 4 is 28.9 Å². The number of ether oxygens (including phenoxy) is 1. The van der Waals surface area contributed by atoms with Crippen LogP contribution in [0.15, 0.2) is 29.6 Å². The fraction of sp³-hybridized carbons (Fsp3) is 0.0769. The summed E-state index contributed by atoms with van der Waals surface area (Å²) in [6.07, 6.45) is 0. The van der Waals surface area contributed by atoms with E-state index in [0.717, 1.165) is 23.5 Å². The van der Waals surface area contributed by atoms with E-state index in [1.54, 1.807) is 5.38 Å². The molecule has 0 bridgehead atoms. The number of methoxy groups -OCH3 is 1. The van der Waals surface area contributed by atoms with Crippen LogP contribution in [0.2, 0.25) is 0 Å². The van der Waals surface area contributed by atoms with Gasteiger partial charge in [-0.3, -0.25) is 4.79 Å². The van der Waals surface area contributed by atoms with Crippen molar-refractivity contribution in [1.29, 1.82) is 0 Å². The number of halogens is 2. The third-order valence-corrected chi connectivity index (χ3v) is 3.30. The first-order valence-electron chi connectivity index (χ1n) is 5.44. The molecular formula is C13H9F2NO3S. The number of rotatable bonds is 3.